The fourth-order valence-corrected chi connectivity index (χ4v) is 16.4. The van der Waals surface area contributed by atoms with Gasteiger partial charge in [0.1, 0.15) is 0 Å². The summed E-state index contributed by atoms with van der Waals surface area (Å²) in [4.78, 5) is 25.4. The molecule has 4 aromatic heterocycles. The van der Waals surface area contributed by atoms with E-state index in [4.69, 9.17) is 19.9 Å². The molecule has 17 aromatic carbocycles. The molecule has 4 heterocycles. The second kappa shape index (κ2) is 18.0. The zero-order valence-corrected chi connectivity index (χ0v) is 50.9. The Morgan fingerprint density at radius 3 is 0.573 bits per heavy atom. The molecule has 0 radical (unpaired) electrons. The summed E-state index contributed by atoms with van der Waals surface area (Å²) in [6.45, 7) is 0. The molecule has 4 nitrogen and oxygen atoms in total. The molecule has 0 aliphatic heterocycles. The summed E-state index contributed by atoms with van der Waals surface area (Å²) in [5, 5.41) is 27.8. The van der Waals surface area contributed by atoms with Crippen LogP contribution in [0.3, 0.4) is 0 Å². The van der Waals surface area contributed by atoms with E-state index < -0.39 is 0 Å². The third kappa shape index (κ3) is 6.34. The molecule has 0 aliphatic carbocycles. The first-order valence-corrected chi connectivity index (χ1v) is 30.4. The van der Waals surface area contributed by atoms with Crippen LogP contribution in [-0.4, -0.2) is 9.97 Å². The molecular weight excluding hydrogens is 1130 g/mol. The van der Waals surface area contributed by atoms with E-state index in [2.05, 4.69) is 267 Å². The molecule has 0 atom stereocenters. The summed E-state index contributed by atoms with van der Waals surface area (Å²) in [5.41, 5.74) is 15.1. The fourth-order valence-electron chi connectivity index (χ4n) is 16.4. The van der Waals surface area contributed by atoms with Crippen molar-refractivity contribution in [2.45, 2.75) is 0 Å². The monoisotopic (exact) mass is 1170 g/mol. The Labute approximate surface area is 520 Å². The largest absolute Gasteiger partial charge is 2.00 e. The van der Waals surface area contributed by atoms with E-state index >= 15 is 0 Å². The molecule has 21 rings (SSSR count). The van der Waals surface area contributed by atoms with Crippen LogP contribution in [0.4, 0.5) is 0 Å². The van der Waals surface area contributed by atoms with E-state index in [0.29, 0.717) is 0 Å². The Balaban J connectivity index is 0.00000555. The Hall–Kier alpha value is -11.1. The van der Waals surface area contributed by atoms with Crippen molar-refractivity contribution in [1.82, 2.24) is 19.9 Å². The molecule has 0 saturated heterocycles. The predicted octanol–water partition coefficient (Wildman–Crippen LogP) is 22.4. The van der Waals surface area contributed by atoms with Crippen LogP contribution in [0, 0.1) is 0 Å². The van der Waals surface area contributed by atoms with Gasteiger partial charge in [0.25, 0.3) is 0 Å². The molecule has 0 spiro atoms. The maximum absolute atomic E-state index is 6.36. The molecule has 8 bridgehead atoms. The first-order valence-electron chi connectivity index (χ1n) is 30.4. The topological polar surface area (TPSA) is 54.0 Å². The number of aromatic nitrogens is 4. The SMILES string of the molecule is [Zn+2].c1ccc(-c2c3nc(c(-c4ccccc4)c4[n-]c(c(-c5ccccc5)c5nc(c(-c6ccccc6)c6[n-]c2c2c7cccc8cccc(c87)c62)c2c6cccc7cccc(c76)c52)c2c5cccc6cccc(c65)c42)c2c4cccc5cccc(c54)c32)cc1. The van der Waals surface area contributed by atoms with Gasteiger partial charge in [-0.3, -0.25) is 0 Å². The molecule has 402 valence electrons. The van der Waals surface area contributed by atoms with Crippen LogP contribution in [0.25, 0.3) is 218 Å². The third-order valence-electron chi connectivity index (χ3n) is 19.7. The summed E-state index contributed by atoms with van der Waals surface area (Å²) >= 11 is 0. The molecule has 0 aliphatic rings. The van der Waals surface area contributed by atoms with Gasteiger partial charge in [0, 0.05) is 21.5 Å². The molecule has 0 unspecified atom stereocenters. The second-order valence-corrected chi connectivity index (χ2v) is 24.0. The van der Waals surface area contributed by atoms with E-state index in [1.807, 2.05) is 0 Å². The summed E-state index contributed by atoms with van der Waals surface area (Å²) in [5.74, 6) is 0. The number of benzene rings is 12. The molecule has 21 aromatic rings. The van der Waals surface area contributed by atoms with Crippen LogP contribution in [0.1, 0.15) is 0 Å². The standard InChI is InChI=1S/C84H44N4.Zn/c1-5-21-49(22-6-1)65-77-69-53-37-13-29-45-31-15-39-55(61(45)53)71(69)79(85-77)66(50-23-7-2-8-24-50)81-73-57-41-17-33-47-35-19-43-59(63(47)57)75(73)83(87-81)68(52-27-11-4-12-28-52)84-76-60-44-20-36-48-34-18-42-58(64(48)60)74(76)82(88-84)67(51-25-9-3-10-26-51)80-72-56-40-16-32-46-30-14-38-54(62(46)56)70(72)78(65)86-80;/h1-44H;/q-2;+2. The van der Waals surface area contributed by atoms with E-state index in [9.17, 15) is 0 Å². The predicted molar refractivity (Wildman–Crippen MR) is 373 cm³/mol. The summed E-state index contributed by atoms with van der Waals surface area (Å²) in [6, 6.07) is 98.3. The van der Waals surface area contributed by atoms with E-state index in [0.717, 1.165) is 175 Å². The number of hydrogen-bond acceptors (Lipinski definition) is 2. The van der Waals surface area contributed by atoms with Gasteiger partial charge in [0.05, 0.1) is 22.1 Å². The normalized spacial score (nSPS) is 12.4. The van der Waals surface area contributed by atoms with Crippen LogP contribution in [0.5, 0.6) is 0 Å². The Bertz CT molecular complexity index is 5530. The van der Waals surface area contributed by atoms with Gasteiger partial charge < -0.3 is 9.97 Å². The minimum Gasteiger partial charge on any atom is -0.656 e. The van der Waals surface area contributed by atoms with Crippen LogP contribution < -0.4 is 9.97 Å². The number of rotatable bonds is 4. The van der Waals surface area contributed by atoms with Crippen molar-refractivity contribution in [2.24, 2.45) is 0 Å². The zero-order valence-electron chi connectivity index (χ0n) is 47.9. The smallest absolute Gasteiger partial charge is 0.656 e. The average Bonchev–Trinajstić information content (AvgIpc) is 1.60. The molecule has 0 N–H and O–H groups in total. The maximum atomic E-state index is 6.36. The number of hydrogen-bond donors (Lipinski definition) is 0. The molecule has 0 amide bonds. The van der Waals surface area contributed by atoms with Gasteiger partial charge in [-0.05, 0) is 152 Å². The van der Waals surface area contributed by atoms with E-state index in [-0.39, 0.29) is 19.5 Å². The Morgan fingerprint density at radius 2 is 0.371 bits per heavy atom. The van der Waals surface area contributed by atoms with Crippen molar-refractivity contribution in [3.63, 3.8) is 0 Å². The van der Waals surface area contributed by atoms with Crippen molar-refractivity contribution >= 4 is 173 Å². The first kappa shape index (κ1) is 49.1. The van der Waals surface area contributed by atoms with Gasteiger partial charge in [-0.15, -0.1) is 22.1 Å². The first-order chi connectivity index (χ1) is 43.7. The van der Waals surface area contributed by atoms with Crippen molar-refractivity contribution in [3.8, 4) is 44.5 Å². The molecule has 5 heteroatoms. The Kier molecular flexibility index (Phi) is 9.92. The third-order valence-corrected chi connectivity index (χ3v) is 19.7. The van der Waals surface area contributed by atoms with Crippen LogP contribution in [-0.2, 0) is 19.5 Å². The van der Waals surface area contributed by atoms with Crippen molar-refractivity contribution in [2.75, 3.05) is 0 Å². The van der Waals surface area contributed by atoms with Crippen molar-refractivity contribution in [3.05, 3.63) is 267 Å². The second-order valence-electron chi connectivity index (χ2n) is 24.0. The van der Waals surface area contributed by atoms with Gasteiger partial charge in [-0.25, -0.2) is 9.97 Å². The van der Waals surface area contributed by atoms with Crippen LogP contribution in [0.2, 0.25) is 0 Å². The molecular formula is C84H44N4Zn. The summed E-state index contributed by atoms with van der Waals surface area (Å²) < 4.78 is 0. The number of nitrogens with zero attached hydrogens (tertiary/aromatic N) is 4. The van der Waals surface area contributed by atoms with Crippen LogP contribution >= 0.6 is 0 Å². The van der Waals surface area contributed by atoms with Gasteiger partial charge in [0.2, 0.25) is 0 Å². The molecule has 0 saturated carbocycles. The summed E-state index contributed by atoms with van der Waals surface area (Å²) in [7, 11) is 0. The fraction of sp³-hybridized carbons (Fsp3) is 0. The van der Waals surface area contributed by atoms with Gasteiger partial charge >= 0.3 is 19.5 Å². The Morgan fingerprint density at radius 1 is 0.180 bits per heavy atom. The average molecular weight is 1170 g/mol. The van der Waals surface area contributed by atoms with Crippen LogP contribution in [0.15, 0.2) is 267 Å². The maximum Gasteiger partial charge on any atom is 2.00 e. The van der Waals surface area contributed by atoms with Gasteiger partial charge in [-0.2, -0.15) is 0 Å². The molecule has 89 heavy (non-hydrogen) atoms. The minimum absolute atomic E-state index is 0. The van der Waals surface area contributed by atoms with Crippen molar-refractivity contribution in [1.29, 1.82) is 0 Å². The van der Waals surface area contributed by atoms with E-state index in [1.54, 1.807) is 0 Å². The molecule has 0 fully saturated rings. The van der Waals surface area contributed by atoms with Gasteiger partial charge in [0.15, 0.2) is 0 Å². The van der Waals surface area contributed by atoms with E-state index in [1.165, 1.54) is 43.1 Å². The minimum atomic E-state index is 0. The van der Waals surface area contributed by atoms with Crippen molar-refractivity contribution < 1.29 is 19.5 Å². The summed E-state index contributed by atoms with van der Waals surface area (Å²) in [6.07, 6.45) is 0. The zero-order chi connectivity index (χ0) is 57.0. The quantitative estimate of drug-likeness (QED) is 0.165. The van der Waals surface area contributed by atoms with Gasteiger partial charge in [-0.1, -0.05) is 267 Å².